The molecule has 0 N–H and O–H groups in total. The minimum atomic E-state index is -0.721. The first kappa shape index (κ1) is 16.0. The van der Waals surface area contributed by atoms with E-state index in [1.54, 1.807) is 6.08 Å². The Morgan fingerprint density at radius 2 is 2.04 bits per heavy atom. The van der Waals surface area contributed by atoms with E-state index in [1.807, 2.05) is 0 Å². The van der Waals surface area contributed by atoms with Gasteiger partial charge in [-0.2, -0.15) is 0 Å². The Morgan fingerprint density at radius 3 is 2.76 bits per heavy atom. The molecule has 4 fully saturated rings. The van der Waals surface area contributed by atoms with Gasteiger partial charge < -0.3 is 9.85 Å². The lowest BCUT2D eigenvalue weighted by Gasteiger charge is -2.62. The van der Waals surface area contributed by atoms with Crippen LogP contribution in [-0.2, 0) is 9.59 Å². The average molecular weight is 341 g/mol. The normalized spacial score (nSPS) is 53.7. The minimum absolute atomic E-state index is 0.0264. The predicted molar refractivity (Wildman–Crippen MR) is 94.2 cm³/mol. The van der Waals surface area contributed by atoms with Gasteiger partial charge in [-0.25, -0.2) is 0 Å². The predicted octanol–water partition coefficient (Wildman–Crippen LogP) is 3.17. The molecule has 2 saturated carbocycles. The number of rotatable bonds is 1. The van der Waals surface area contributed by atoms with Crippen molar-refractivity contribution in [3.8, 4) is 0 Å². The largest absolute Gasteiger partial charge is 0.633 e. The standard InChI is InChI=1S/C21H27NO3/c1-4-13-7-8-21-18(13)16(23)6-5-14-11-22(25)10-12(2)15(19(21)24)9-17(22)20(14,21)3/h4,12,14-15,17H,1,5-11H2,2-3H3/t12-,14-,15-,17-,20-,21+,22?/m1/s1. The summed E-state index contributed by atoms with van der Waals surface area (Å²) >= 11 is 0. The number of hydrogen-bond acceptors (Lipinski definition) is 3. The van der Waals surface area contributed by atoms with Gasteiger partial charge in [0.25, 0.3) is 0 Å². The van der Waals surface area contributed by atoms with Crippen molar-refractivity contribution in [2.75, 3.05) is 13.1 Å². The lowest BCUT2D eigenvalue weighted by atomic mass is 9.45. The summed E-state index contributed by atoms with van der Waals surface area (Å²) in [6.07, 6.45) is 5.22. The number of allylic oxidation sites excluding steroid dienone is 3. The maximum absolute atomic E-state index is 13.9. The van der Waals surface area contributed by atoms with E-state index in [0.717, 1.165) is 30.4 Å². The quantitative estimate of drug-likeness (QED) is 0.544. The highest BCUT2D eigenvalue weighted by Gasteiger charge is 2.77. The van der Waals surface area contributed by atoms with E-state index in [-0.39, 0.29) is 45.4 Å². The summed E-state index contributed by atoms with van der Waals surface area (Å²) < 4.78 is -0.126. The van der Waals surface area contributed by atoms with Gasteiger partial charge in [-0.3, -0.25) is 9.59 Å². The summed E-state index contributed by atoms with van der Waals surface area (Å²) in [5, 5.41) is 13.8. The number of Topliss-reactive ketones (excluding diaryl/α,β-unsaturated/α-hetero) is 2. The first-order chi connectivity index (χ1) is 11.8. The second kappa shape index (κ2) is 4.52. The molecule has 1 unspecified atom stereocenters. The number of hydrogen-bond donors (Lipinski definition) is 0. The molecule has 7 atom stereocenters. The summed E-state index contributed by atoms with van der Waals surface area (Å²) in [5.74, 6) is 0.662. The van der Waals surface area contributed by atoms with Crippen LogP contribution in [0, 0.1) is 33.8 Å². The van der Waals surface area contributed by atoms with Crippen molar-refractivity contribution in [2.45, 2.75) is 52.0 Å². The molecule has 1 spiro atoms. The lowest BCUT2D eigenvalue weighted by Crippen LogP contribution is -2.69. The van der Waals surface area contributed by atoms with Crippen molar-refractivity contribution < 1.29 is 14.2 Å². The Morgan fingerprint density at radius 1 is 1.28 bits per heavy atom. The molecule has 134 valence electrons. The molecule has 0 amide bonds. The molecule has 2 saturated heterocycles. The highest BCUT2D eigenvalue weighted by Crippen LogP contribution is 2.72. The molecule has 0 aromatic heterocycles. The van der Waals surface area contributed by atoms with Gasteiger partial charge in [0, 0.05) is 41.6 Å². The lowest BCUT2D eigenvalue weighted by molar-refractivity contribution is -0.908. The van der Waals surface area contributed by atoms with Gasteiger partial charge in [-0.1, -0.05) is 26.5 Å². The fourth-order valence-electron chi connectivity index (χ4n) is 7.83. The molecule has 2 bridgehead atoms. The van der Waals surface area contributed by atoms with Crippen LogP contribution >= 0.6 is 0 Å². The number of ketones is 2. The van der Waals surface area contributed by atoms with Crippen molar-refractivity contribution in [2.24, 2.45) is 28.6 Å². The molecule has 0 aromatic carbocycles. The van der Waals surface area contributed by atoms with Crippen LogP contribution in [0.1, 0.15) is 46.0 Å². The van der Waals surface area contributed by atoms with Crippen LogP contribution in [0.4, 0.5) is 0 Å². The van der Waals surface area contributed by atoms with E-state index in [2.05, 4.69) is 20.4 Å². The van der Waals surface area contributed by atoms with E-state index in [1.165, 1.54) is 0 Å². The van der Waals surface area contributed by atoms with Crippen LogP contribution in [-0.4, -0.2) is 35.3 Å². The van der Waals surface area contributed by atoms with E-state index in [9.17, 15) is 14.8 Å². The van der Waals surface area contributed by atoms with Crippen molar-refractivity contribution >= 4 is 11.6 Å². The first-order valence-electron chi connectivity index (χ1n) is 9.81. The number of piperidine rings is 1. The van der Waals surface area contributed by atoms with Gasteiger partial charge in [0.15, 0.2) is 5.78 Å². The van der Waals surface area contributed by atoms with Gasteiger partial charge in [0.05, 0.1) is 24.5 Å². The summed E-state index contributed by atoms with van der Waals surface area (Å²) in [6, 6.07) is -0.0264. The monoisotopic (exact) mass is 341 g/mol. The molecule has 25 heavy (non-hydrogen) atoms. The Labute approximate surface area is 149 Å². The molecule has 4 heteroatoms. The SMILES string of the molecule is C=CC1=C2C(=O)CC[C@@H]3C[N+]4([O-])C[C@@H](C)[C@H]5C[C@@H]4[C@]3(C)[C@]2(CC1)C5=O. The van der Waals surface area contributed by atoms with Crippen molar-refractivity contribution in [1.82, 2.24) is 0 Å². The summed E-state index contributed by atoms with van der Waals surface area (Å²) in [5.41, 5.74) is 0.648. The number of carbonyl (C=O) groups excluding carboxylic acids is 2. The Kier molecular flexibility index (Phi) is 2.89. The van der Waals surface area contributed by atoms with E-state index >= 15 is 0 Å². The Balaban J connectivity index is 1.84. The van der Waals surface area contributed by atoms with Crippen molar-refractivity contribution in [3.63, 3.8) is 0 Å². The second-order valence-electron chi connectivity index (χ2n) is 9.47. The minimum Gasteiger partial charge on any atom is -0.633 e. The molecule has 0 radical (unpaired) electrons. The van der Waals surface area contributed by atoms with Crippen LogP contribution in [0.25, 0.3) is 0 Å². The maximum Gasteiger partial charge on any atom is 0.160 e. The van der Waals surface area contributed by atoms with Crippen LogP contribution in [0.5, 0.6) is 0 Å². The zero-order valence-corrected chi connectivity index (χ0v) is 15.2. The fraction of sp³-hybridized carbons (Fsp3) is 0.714. The maximum atomic E-state index is 13.9. The first-order valence-corrected chi connectivity index (χ1v) is 9.81. The zero-order valence-electron chi connectivity index (χ0n) is 15.2. The summed E-state index contributed by atoms with van der Waals surface area (Å²) in [6.45, 7) is 9.35. The molecule has 2 heterocycles. The Bertz CT molecular complexity index is 754. The van der Waals surface area contributed by atoms with Gasteiger partial charge in [-0.05, 0) is 24.8 Å². The molecular weight excluding hydrogens is 314 g/mol. The van der Waals surface area contributed by atoms with Crippen molar-refractivity contribution in [1.29, 1.82) is 0 Å². The number of carbonyl (C=O) groups is 2. The third kappa shape index (κ3) is 1.50. The molecule has 5 aliphatic rings. The number of quaternary nitrogens is 1. The van der Waals surface area contributed by atoms with Crippen LogP contribution in [0.2, 0.25) is 0 Å². The fourth-order valence-corrected chi connectivity index (χ4v) is 7.83. The molecule has 0 aromatic rings. The van der Waals surface area contributed by atoms with E-state index in [4.69, 9.17) is 0 Å². The highest BCUT2D eigenvalue weighted by molar-refractivity contribution is 6.08. The molecule has 4 nitrogen and oxygen atoms in total. The van der Waals surface area contributed by atoms with Crippen molar-refractivity contribution in [3.05, 3.63) is 29.0 Å². The number of nitrogens with zero attached hydrogens (tertiary/aromatic N) is 1. The van der Waals surface area contributed by atoms with Gasteiger partial charge >= 0.3 is 0 Å². The topological polar surface area (TPSA) is 57.2 Å². The van der Waals surface area contributed by atoms with Crippen LogP contribution < -0.4 is 0 Å². The van der Waals surface area contributed by atoms with Gasteiger partial charge in [-0.15, -0.1) is 0 Å². The average Bonchev–Trinajstić information content (AvgIpc) is 3.03. The Hall–Kier alpha value is -1.26. The third-order valence-corrected chi connectivity index (χ3v) is 8.84. The smallest absolute Gasteiger partial charge is 0.160 e. The summed E-state index contributed by atoms with van der Waals surface area (Å²) in [4.78, 5) is 27.0. The molecular formula is C21H27NO3. The van der Waals surface area contributed by atoms with Crippen LogP contribution in [0.15, 0.2) is 23.8 Å². The second-order valence-corrected chi connectivity index (χ2v) is 9.47. The number of fused-ring (bicyclic) bond motifs is 1. The van der Waals surface area contributed by atoms with Gasteiger partial charge in [0.1, 0.15) is 5.78 Å². The third-order valence-electron chi connectivity index (χ3n) is 8.84. The molecule has 5 rings (SSSR count). The molecule has 3 aliphatic carbocycles. The zero-order chi connectivity index (χ0) is 17.8. The van der Waals surface area contributed by atoms with E-state index < -0.39 is 5.41 Å². The number of hydroxylamine groups is 3. The highest BCUT2D eigenvalue weighted by atomic mass is 16.6. The molecule has 2 aliphatic heterocycles. The summed E-state index contributed by atoms with van der Waals surface area (Å²) in [7, 11) is 0. The van der Waals surface area contributed by atoms with Crippen LogP contribution in [0.3, 0.4) is 0 Å². The van der Waals surface area contributed by atoms with E-state index in [0.29, 0.717) is 25.9 Å². The van der Waals surface area contributed by atoms with Gasteiger partial charge in [0.2, 0.25) is 0 Å².